The van der Waals surface area contributed by atoms with Crippen LogP contribution in [0.15, 0.2) is 36.9 Å². The Morgan fingerprint density at radius 3 is 2.87 bits per heavy atom. The van der Waals surface area contributed by atoms with Crippen molar-refractivity contribution in [2.75, 3.05) is 0 Å². The van der Waals surface area contributed by atoms with Gasteiger partial charge in [0.05, 0.1) is 6.20 Å². The molecule has 0 aliphatic rings. The molecule has 1 heterocycles. The first-order valence-corrected chi connectivity index (χ1v) is 4.84. The zero-order valence-corrected chi connectivity index (χ0v) is 8.70. The van der Waals surface area contributed by atoms with Crippen LogP contribution in [-0.4, -0.2) is 10.1 Å². The van der Waals surface area contributed by atoms with Crippen LogP contribution in [0.25, 0.3) is 5.57 Å². The highest BCUT2D eigenvalue weighted by atomic mass is 19.1. The molecule has 0 saturated carbocycles. The minimum Gasteiger partial charge on any atom is -0.506 e. The number of pyridine rings is 1. The lowest BCUT2D eigenvalue weighted by Gasteiger charge is -2.06. The average Bonchev–Trinajstić information content (AvgIpc) is 2.25. The molecule has 0 fully saturated rings. The molecule has 0 amide bonds. The molecule has 1 aromatic rings. The van der Waals surface area contributed by atoms with Crippen LogP contribution in [0.5, 0.6) is 5.75 Å². The van der Waals surface area contributed by atoms with Crippen LogP contribution in [0.2, 0.25) is 0 Å². The quantitative estimate of drug-likeness (QED) is 0.767. The minimum atomic E-state index is -0.357. The minimum absolute atomic E-state index is 0.0398. The summed E-state index contributed by atoms with van der Waals surface area (Å²) < 4.78 is 13.5. The fraction of sp³-hybridized carbons (Fsp3) is 0.250. The van der Waals surface area contributed by atoms with Crippen LogP contribution < -0.4 is 0 Å². The lowest BCUT2D eigenvalue weighted by atomic mass is 10.0. The summed E-state index contributed by atoms with van der Waals surface area (Å²) in [4.78, 5) is 3.82. The zero-order valence-electron chi connectivity index (χ0n) is 8.70. The average molecular weight is 207 g/mol. The molecule has 1 aromatic heterocycles. The van der Waals surface area contributed by atoms with Crippen molar-refractivity contribution in [3.63, 3.8) is 0 Å². The van der Waals surface area contributed by atoms with Crippen molar-refractivity contribution in [3.05, 3.63) is 42.5 Å². The van der Waals surface area contributed by atoms with E-state index in [1.165, 1.54) is 24.5 Å². The molecule has 0 unspecified atom stereocenters. The van der Waals surface area contributed by atoms with Gasteiger partial charge in [0.25, 0.3) is 0 Å². The number of aromatic nitrogens is 1. The molecule has 0 bridgehead atoms. The molecule has 0 atom stereocenters. The molecule has 15 heavy (non-hydrogen) atoms. The smallest absolute Gasteiger partial charge is 0.134 e. The Kier molecular flexibility index (Phi) is 4.03. The predicted molar refractivity (Wildman–Crippen MR) is 59.0 cm³/mol. The Bertz CT molecular complexity index is 385. The Hall–Kier alpha value is -1.64. The Morgan fingerprint density at radius 2 is 2.33 bits per heavy atom. The van der Waals surface area contributed by atoms with Crippen LogP contribution in [-0.2, 0) is 0 Å². The molecule has 1 N–H and O–H groups in total. The summed E-state index contributed by atoms with van der Waals surface area (Å²) in [6.07, 6.45) is 5.46. The van der Waals surface area contributed by atoms with Crippen molar-refractivity contribution in [2.45, 2.75) is 19.8 Å². The fourth-order valence-electron chi connectivity index (χ4n) is 1.37. The van der Waals surface area contributed by atoms with Crippen molar-refractivity contribution in [1.29, 1.82) is 0 Å². The second-order valence-corrected chi connectivity index (χ2v) is 3.21. The van der Waals surface area contributed by atoms with Crippen molar-refractivity contribution < 1.29 is 9.50 Å². The molecule has 0 spiro atoms. The Morgan fingerprint density at radius 1 is 1.60 bits per heavy atom. The number of halogens is 1. The third-order valence-corrected chi connectivity index (χ3v) is 2.04. The van der Waals surface area contributed by atoms with Gasteiger partial charge < -0.3 is 5.11 Å². The summed E-state index contributed by atoms with van der Waals surface area (Å²) in [6.45, 7) is 5.36. The van der Waals surface area contributed by atoms with Crippen LogP contribution in [0.3, 0.4) is 0 Å². The summed E-state index contributed by atoms with van der Waals surface area (Å²) in [6, 6.07) is 1.50. The van der Waals surface area contributed by atoms with Gasteiger partial charge >= 0.3 is 0 Å². The molecule has 80 valence electrons. The maximum absolute atomic E-state index is 13.5. The number of allylic oxidation sites excluding steroid dienone is 3. The molecule has 3 heteroatoms. The number of aromatic hydroxyl groups is 1. The van der Waals surface area contributed by atoms with E-state index < -0.39 is 0 Å². The van der Waals surface area contributed by atoms with E-state index in [1.54, 1.807) is 0 Å². The summed E-state index contributed by atoms with van der Waals surface area (Å²) in [5, 5.41) is 9.25. The molecule has 0 saturated heterocycles. The monoisotopic (exact) mass is 207 g/mol. The van der Waals surface area contributed by atoms with Crippen molar-refractivity contribution >= 4 is 5.57 Å². The van der Waals surface area contributed by atoms with E-state index in [0.29, 0.717) is 17.6 Å². The Balaban J connectivity index is 3.15. The second-order valence-electron chi connectivity index (χ2n) is 3.21. The summed E-state index contributed by atoms with van der Waals surface area (Å²) in [5.41, 5.74) is 1.14. The van der Waals surface area contributed by atoms with Crippen LogP contribution in [0.4, 0.5) is 4.39 Å². The van der Waals surface area contributed by atoms with Gasteiger partial charge in [0.1, 0.15) is 11.6 Å². The third-order valence-electron chi connectivity index (χ3n) is 2.04. The topological polar surface area (TPSA) is 33.1 Å². The van der Waals surface area contributed by atoms with E-state index in [1.807, 2.05) is 6.92 Å². The van der Waals surface area contributed by atoms with E-state index in [9.17, 15) is 9.50 Å². The molecule has 2 nitrogen and oxygen atoms in total. The van der Waals surface area contributed by atoms with E-state index in [2.05, 4.69) is 11.6 Å². The van der Waals surface area contributed by atoms with Crippen LogP contribution in [0.1, 0.15) is 25.3 Å². The van der Waals surface area contributed by atoms with Crippen LogP contribution in [0, 0.1) is 0 Å². The number of hydrogen-bond acceptors (Lipinski definition) is 2. The lowest BCUT2D eigenvalue weighted by Crippen LogP contribution is -1.88. The molecular formula is C12H14FNO. The van der Waals surface area contributed by atoms with Gasteiger partial charge in [-0.05, 0) is 24.1 Å². The fourth-order valence-corrected chi connectivity index (χ4v) is 1.37. The standard InChI is InChI=1S/C12H14FNO/c1-3-5-11(12(13)4-2)9-6-10(15)8-14-7-9/h4,6-8,15H,2-3,5H2,1H3/b12-11-. The molecule has 0 aliphatic carbocycles. The normalized spacial score (nSPS) is 12.1. The van der Waals surface area contributed by atoms with Gasteiger partial charge in [0, 0.05) is 11.8 Å². The van der Waals surface area contributed by atoms with Gasteiger partial charge in [-0.1, -0.05) is 19.9 Å². The van der Waals surface area contributed by atoms with Crippen LogP contribution >= 0.6 is 0 Å². The maximum atomic E-state index is 13.5. The van der Waals surface area contributed by atoms with E-state index in [-0.39, 0.29) is 11.6 Å². The SMILES string of the molecule is C=C/C(F)=C(\CCC)c1cncc(O)c1. The first kappa shape index (κ1) is 11.4. The molecule has 0 aromatic carbocycles. The van der Waals surface area contributed by atoms with Gasteiger partial charge in [0.15, 0.2) is 0 Å². The number of hydrogen-bond donors (Lipinski definition) is 1. The summed E-state index contributed by atoms with van der Waals surface area (Å²) in [7, 11) is 0. The lowest BCUT2D eigenvalue weighted by molar-refractivity contribution is 0.472. The molecular weight excluding hydrogens is 193 g/mol. The first-order chi connectivity index (χ1) is 7.19. The van der Waals surface area contributed by atoms with E-state index in [0.717, 1.165) is 6.42 Å². The largest absolute Gasteiger partial charge is 0.506 e. The highest BCUT2D eigenvalue weighted by Crippen LogP contribution is 2.26. The van der Waals surface area contributed by atoms with Gasteiger partial charge in [0.2, 0.25) is 0 Å². The summed E-state index contributed by atoms with van der Waals surface area (Å²) >= 11 is 0. The van der Waals surface area contributed by atoms with E-state index >= 15 is 0 Å². The van der Waals surface area contributed by atoms with Gasteiger partial charge in [-0.2, -0.15) is 0 Å². The molecule has 0 aliphatic heterocycles. The van der Waals surface area contributed by atoms with Crippen molar-refractivity contribution in [1.82, 2.24) is 4.98 Å². The molecule has 1 rings (SSSR count). The van der Waals surface area contributed by atoms with Gasteiger partial charge in [-0.15, -0.1) is 0 Å². The van der Waals surface area contributed by atoms with Crippen molar-refractivity contribution in [3.8, 4) is 5.75 Å². The highest BCUT2D eigenvalue weighted by Gasteiger charge is 2.07. The predicted octanol–water partition coefficient (Wildman–Crippen LogP) is 3.45. The second kappa shape index (κ2) is 5.29. The maximum Gasteiger partial charge on any atom is 0.134 e. The van der Waals surface area contributed by atoms with Gasteiger partial charge in [-0.3, -0.25) is 4.98 Å². The Labute approximate surface area is 88.8 Å². The summed E-state index contributed by atoms with van der Waals surface area (Å²) in [5.74, 6) is -0.317. The van der Waals surface area contributed by atoms with Gasteiger partial charge in [-0.25, -0.2) is 4.39 Å². The van der Waals surface area contributed by atoms with E-state index in [4.69, 9.17) is 0 Å². The highest BCUT2D eigenvalue weighted by molar-refractivity contribution is 5.69. The number of rotatable bonds is 4. The van der Waals surface area contributed by atoms with Crippen molar-refractivity contribution in [2.24, 2.45) is 0 Å². The first-order valence-electron chi connectivity index (χ1n) is 4.84. The zero-order chi connectivity index (χ0) is 11.3. The number of nitrogens with zero attached hydrogens (tertiary/aromatic N) is 1. The molecule has 0 radical (unpaired) electrons. The third kappa shape index (κ3) is 2.91.